The van der Waals surface area contributed by atoms with Gasteiger partial charge < -0.3 is 14.4 Å². The van der Waals surface area contributed by atoms with Crippen molar-refractivity contribution in [3.05, 3.63) is 75.9 Å². The van der Waals surface area contributed by atoms with Crippen LogP contribution < -0.4 is 0 Å². The van der Waals surface area contributed by atoms with Crippen LogP contribution in [0.25, 0.3) is 5.00 Å². The lowest BCUT2D eigenvalue weighted by molar-refractivity contribution is 0.0534. The van der Waals surface area contributed by atoms with Crippen LogP contribution in [0.5, 0.6) is 0 Å². The molecule has 0 bridgehead atoms. The molecule has 1 aromatic carbocycles. The second kappa shape index (κ2) is 8.50. The van der Waals surface area contributed by atoms with E-state index >= 15 is 0 Å². The second-order valence-electron chi connectivity index (χ2n) is 8.19. The van der Waals surface area contributed by atoms with Crippen molar-refractivity contribution in [2.75, 3.05) is 26.2 Å². The van der Waals surface area contributed by atoms with E-state index in [0.29, 0.717) is 26.2 Å². The number of halogens is 2. The second-order valence-corrected chi connectivity index (χ2v) is 9.28. The van der Waals surface area contributed by atoms with Crippen molar-refractivity contribution in [1.82, 2.24) is 14.4 Å². The molecular formula is C24H23F2N3O2S. The Hall–Kier alpha value is -3.00. The number of hydrogen-bond acceptors (Lipinski definition) is 3. The number of carbonyl (C=O) groups excluding carboxylic acids is 2. The number of rotatable bonds is 3. The molecule has 0 saturated carbocycles. The Morgan fingerprint density at radius 1 is 0.844 bits per heavy atom. The number of amides is 2. The van der Waals surface area contributed by atoms with E-state index in [1.54, 1.807) is 21.1 Å². The van der Waals surface area contributed by atoms with Crippen molar-refractivity contribution in [3.8, 4) is 5.00 Å². The molecule has 3 heterocycles. The average molecular weight is 456 g/mol. The summed E-state index contributed by atoms with van der Waals surface area (Å²) in [5.74, 6) is -2.36. The molecule has 8 heteroatoms. The topological polar surface area (TPSA) is 45.6 Å². The Kier molecular flexibility index (Phi) is 5.55. The van der Waals surface area contributed by atoms with E-state index in [-0.39, 0.29) is 17.4 Å². The van der Waals surface area contributed by atoms with E-state index in [4.69, 9.17) is 0 Å². The summed E-state index contributed by atoms with van der Waals surface area (Å²) in [6, 6.07) is 7.09. The smallest absolute Gasteiger partial charge is 0.257 e. The van der Waals surface area contributed by atoms with Crippen molar-refractivity contribution in [1.29, 1.82) is 0 Å². The Morgan fingerprint density at radius 2 is 1.50 bits per heavy atom. The fourth-order valence-electron chi connectivity index (χ4n) is 4.51. The van der Waals surface area contributed by atoms with Gasteiger partial charge >= 0.3 is 0 Å². The summed E-state index contributed by atoms with van der Waals surface area (Å²) >= 11 is 1.70. The number of thiophene rings is 1. The molecule has 0 N–H and O–H groups in total. The summed E-state index contributed by atoms with van der Waals surface area (Å²) in [7, 11) is 0. The minimum Gasteiger partial charge on any atom is -0.335 e. The van der Waals surface area contributed by atoms with Gasteiger partial charge in [0, 0.05) is 49.0 Å². The van der Waals surface area contributed by atoms with Crippen LogP contribution in [0.2, 0.25) is 0 Å². The third-order valence-electron chi connectivity index (χ3n) is 6.23. The number of piperazine rings is 1. The summed E-state index contributed by atoms with van der Waals surface area (Å²) in [6.07, 6.45) is 8.10. The van der Waals surface area contributed by atoms with Gasteiger partial charge in [0.15, 0.2) is 11.6 Å². The molecule has 0 atom stereocenters. The van der Waals surface area contributed by atoms with Gasteiger partial charge in [0.2, 0.25) is 0 Å². The van der Waals surface area contributed by atoms with Crippen molar-refractivity contribution >= 4 is 23.2 Å². The number of benzene rings is 1. The highest BCUT2D eigenvalue weighted by molar-refractivity contribution is 7.15. The van der Waals surface area contributed by atoms with Crippen LogP contribution in [0.3, 0.4) is 0 Å². The quantitative estimate of drug-likeness (QED) is 0.591. The molecule has 1 aliphatic carbocycles. The maximum Gasteiger partial charge on any atom is 0.257 e. The summed E-state index contributed by atoms with van der Waals surface area (Å²) in [6.45, 7) is 1.53. The lowest BCUT2D eigenvalue weighted by Gasteiger charge is -2.35. The zero-order chi connectivity index (χ0) is 22.2. The molecule has 0 radical (unpaired) electrons. The standard InChI is InChI=1S/C24H23F2N3O2S/c25-18-8-7-16(15-19(18)26)22(30)27-11-13-28(14-12-27)23(31)21-17-5-1-2-6-20(17)32-24(21)29-9-3-4-10-29/h3-4,7-10,15H,1-2,5-6,11-14H2. The van der Waals surface area contributed by atoms with Gasteiger partial charge in [0.1, 0.15) is 5.00 Å². The Balaban J connectivity index is 1.34. The first-order valence-electron chi connectivity index (χ1n) is 10.8. The SMILES string of the molecule is O=C(c1ccc(F)c(F)c1)N1CCN(C(=O)c2c(-n3cccc3)sc3c2CCCC3)CC1. The molecule has 2 aromatic heterocycles. The fraction of sp³-hybridized carbons (Fsp3) is 0.333. The first-order valence-corrected chi connectivity index (χ1v) is 11.7. The van der Waals surface area contributed by atoms with Gasteiger partial charge in [0.25, 0.3) is 11.8 Å². The Labute approximate surface area is 188 Å². The zero-order valence-corrected chi connectivity index (χ0v) is 18.3. The van der Waals surface area contributed by atoms with Crippen molar-refractivity contribution < 1.29 is 18.4 Å². The monoisotopic (exact) mass is 455 g/mol. The van der Waals surface area contributed by atoms with Crippen molar-refractivity contribution in [2.24, 2.45) is 0 Å². The Bertz CT molecular complexity index is 1160. The van der Waals surface area contributed by atoms with Gasteiger partial charge in [-0.15, -0.1) is 11.3 Å². The molecule has 5 nitrogen and oxygen atoms in total. The number of fused-ring (bicyclic) bond motifs is 1. The lowest BCUT2D eigenvalue weighted by Crippen LogP contribution is -2.50. The molecule has 3 aromatic rings. The molecule has 0 spiro atoms. The largest absolute Gasteiger partial charge is 0.335 e. The number of carbonyl (C=O) groups is 2. The highest BCUT2D eigenvalue weighted by Gasteiger charge is 2.32. The maximum atomic E-state index is 13.6. The van der Waals surface area contributed by atoms with E-state index < -0.39 is 11.6 Å². The van der Waals surface area contributed by atoms with E-state index in [1.165, 1.54) is 16.5 Å². The molecule has 2 aliphatic rings. The van der Waals surface area contributed by atoms with Gasteiger partial charge in [0.05, 0.1) is 5.56 Å². The molecule has 1 fully saturated rings. The predicted molar refractivity (Wildman–Crippen MR) is 118 cm³/mol. The third kappa shape index (κ3) is 3.72. The van der Waals surface area contributed by atoms with E-state index in [2.05, 4.69) is 0 Å². The number of aryl methyl sites for hydroxylation is 1. The van der Waals surface area contributed by atoms with E-state index in [0.717, 1.165) is 48.4 Å². The molecule has 166 valence electrons. The van der Waals surface area contributed by atoms with Crippen LogP contribution in [0.1, 0.15) is 44.0 Å². The van der Waals surface area contributed by atoms with Crippen LogP contribution in [-0.2, 0) is 12.8 Å². The molecule has 2 amide bonds. The minimum atomic E-state index is -1.04. The molecule has 1 saturated heterocycles. The maximum absolute atomic E-state index is 13.6. The van der Waals surface area contributed by atoms with Crippen LogP contribution >= 0.6 is 11.3 Å². The predicted octanol–water partition coefficient (Wildman–Crippen LogP) is 4.29. The van der Waals surface area contributed by atoms with Crippen molar-refractivity contribution in [3.63, 3.8) is 0 Å². The minimum absolute atomic E-state index is 0.00743. The van der Waals surface area contributed by atoms with Crippen LogP contribution in [0.15, 0.2) is 42.7 Å². The normalized spacial score (nSPS) is 16.2. The van der Waals surface area contributed by atoms with Crippen LogP contribution in [0, 0.1) is 11.6 Å². The van der Waals surface area contributed by atoms with Gasteiger partial charge in [-0.1, -0.05) is 0 Å². The summed E-state index contributed by atoms with van der Waals surface area (Å²) in [5, 5.41) is 0.965. The molecular weight excluding hydrogens is 432 g/mol. The van der Waals surface area contributed by atoms with E-state index in [1.807, 2.05) is 29.1 Å². The van der Waals surface area contributed by atoms with Gasteiger partial charge in [-0.25, -0.2) is 8.78 Å². The van der Waals surface area contributed by atoms with Crippen molar-refractivity contribution in [2.45, 2.75) is 25.7 Å². The highest BCUT2D eigenvalue weighted by atomic mass is 32.1. The summed E-state index contributed by atoms with van der Waals surface area (Å²) < 4.78 is 28.7. The molecule has 0 unspecified atom stereocenters. The number of nitrogens with zero attached hydrogens (tertiary/aromatic N) is 3. The van der Waals surface area contributed by atoms with Gasteiger partial charge in [-0.3, -0.25) is 9.59 Å². The number of hydrogen-bond donors (Lipinski definition) is 0. The molecule has 32 heavy (non-hydrogen) atoms. The van der Waals surface area contributed by atoms with Gasteiger partial charge in [-0.2, -0.15) is 0 Å². The first-order chi connectivity index (χ1) is 15.5. The van der Waals surface area contributed by atoms with E-state index in [9.17, 15) is 18.4 Å². The summed E-state index contributed by atoms with van der Waals surface area (Å²) in [4.78, 5) is 31.0. The summed E-state index contributed by atoms with van der Waals surface area (Å²) in [5.41, 5.74) is 2.09. The van der Waals surface area contributed by atoms with Gasteiger partial charge in [-0.05, 0) is 61.6 Å². The number of aromatic nitrogens is 1. The van der Waals surface area contributed by atoms with Crippen LogP contribution in [-0.4, -0.2) is 52.4 Å². The Morgan fingerprint density at radius 3 is 2.19 bits per heavy atom. The zero-order valence-electron chi connectivity index (χ0n) is 17.5. The molecule has 5 rings (SSSR count). The third-order valence-corrected chi connectivity index (χ3v) is 7.53. The molecule has 1 aliphatic heterocycles. The fourth-order valence-corrected chi connectivity index (χ4v) is 5.85. The lowest BCUT2D eigenvalue weighted by atomic mass is 9.95. The average Bonchev–Trinajstić information content (AvgIpc) is 3.48. The van der Waals surface area contributed by atoms with Crippen LogP contribution in [0.4, 0.5) is 8.78 Å². The highest BCUT2D eigenvalue weighted by Crippen LogP contribution is 2.37. The first kappa shape index (κ1) is 20.9.